The predicted octanol–water partition coefficient (Wildman–Crippen LogP) is 4.46. The molecule has 3 aromatic carbocycles. The van der Waals surface area contributed by atoms with Crippen LogP contribution in [0, 0.1) is 13.8 Å². The minimum atomic E-state index is -0.756. The number of ether oxygens (including phenoxy) is 1. The van der Waals surface area contributed by atoms with Gasteiger partial charge in [-0.05, 0) is 67.8 Å². The molecule has 3 aromatic rings. The fraction of sp³-hybridized carbons (Fsp3) is 0.185. The molecule has 0 saturated heterocycles. The van der Waals surface area contributed by atoms with Gasteiger partial charge in [0.25, 0.3) is 17.7 Å². The summed E-state index contributed by atoms with van der Waals surface area (Å²) in [7, 11) is 0. The largest absolute Gasteiger partial charge is 0.452 e. The van der Waals surface area contributed by atoms with Crippen molar-refractivity contribution >= 4 is 29.4 Å². The van der Waals surface area contributed by atoms with Crippen molar-refractivity contribution < 1.29 is 23.9 Å². The monoisotopic (exact) mass is 456 g/mol. The normalized spacial score (nSPS) is 13.4. The van der Waals surface area contributed by atoms with Gasteiger partial charge in [-0.2, -0.15) is 0 Å². The number of imide groups is 1. The molecule has 0 unspecified atom stereocenters. The third-order valence-electron chi connectivity index (χ3n) is 5.66. The summed E-state index contributed by atoms with van der Waals surface area (Å²) >= 11 is 0. The first-order valence-corrected chi connectivity index (χ1v) is 10.9. The Hall–Kier alpha value is -4.26. The third-order valence-corrected chi connectivity index (χ3v) is 5.66. The van der Waals surface area contributed by atoms with Gasteiger partial charge in [0.05, 0.1) is 22.7 Å². The van der Waals surface area contributed by atoms with Gasteiger partial charge in [-0.3, -0.25) is 19.3 Å². The number of fused-ring (bicyclic) bond motifs is 1. The topological polar surface area (TPSA) is 92.8 Å². The number of esters is 1. The molecule has 7 nitrogen and oxygen atoms in total. The van der Waals surface area contributed by atoms with E-state index >= 15 is 0 Å². The smallest absolute Gasteiger partial charge is 0.338 e. The number of rotatable bonds is 6. The first-order chi connectivity index (χ1) is 16.2. The lowest BCUT2D eigenvalue weighted by Gasteiger charge is -2.22. The third kappa shape index (κ3) is 4.59. The number of hydrogen-bond donors (Lipinski definition) is 1. The van der Waals surface area contributed by atoms with Crippen molar-refractivity contribution in [2.24, 2.45) is 0 Å². The molecule has 0 spiro atoms. The zero-order valence-electron chi connectivity index (χ0n) is 19.1. The molecule has 3 amide bonds. The van der Waals surface area contributed by atoms with E-state index in [0.717, 1.165) is 16.7 Å². The molecule has 4 rings (SSSR count). The molecule has 7 heteroatoms. The summed E-state index contributed by atoms with van der Waals surface area (Å²) < 4.78 is 5.13. The molecule has 34 heavy (non-hydrogen) atoms. The molecule has 0 bridgehead atoms. The van der Waals surface area contributed by atoms with E-state index in [1.165, 1.54) is 23.1 Å². The lowest BCUT2D eigenvalue weighted by atomic mass is 10.1. The van der Waals surface area contributed by atoms with Crippen LogP contribution in [-0.4, -0.2) is 35.2 Å². The van der Waals surface area contributed by atoms with Crippen molar-refractivity contribution in [1.82, 2.24) is 4.90 Å². The Kier molecular flexibility index (Phi) is 6.27. The van der Waals surface area contributed by atoms with E-state index in [4.69, 9.17) is 4.74 Å². The first kappa shape index (κ1) is 22.9. The highest BCUT2D eigenvalue weighted by Crippen LogP contribution is 2.31. The lowest BCUT2D eigenvalue weighted by molar-refractivity contribution is -0.119. The van der Waals surface area contributed by atoms with Gasteiger partial charge in [0.2, 0.25) is 0 Å². The van der Waals surface area contributed by atoms with E-state index in [0.29, 0.717) is 5.69 Å². The summed E-state index contributed by atoms with van der Waals surface area (Å²) in [6.45, 7) is 5.14. The molecule has 1 aliphatic heterocycles. The fourth-order valence-electron chi connectivity index (χ4n) is 4.08. The van der Waals surface area contributed by atoms with Gasteiger partial charge in [-0.15, -0.1) is 0 Å². The van der Waals surface area contributed by atoms with Crippen LogP contribution in [0.25, 0.3) is 0 Å². The fourth-order valence-corrected chi connectivity index (χ4v) is 4.08. The summed E-state index contributed by atoms with van der Waals surface area (Å²) in [6.07, 6.45) is 0. The molecular weight excluding hydrogens is 432 g/mol. The Balaban J connectivity index is 1.44. The molecule has 1 aliphatic rings. The minimum Gasteiger partial charge on any atom is -0.452 e. The van der Waals surface area contributed by atoms with Gasteiger partial charge in [0, 0.05) is 5.69 Å². The molecule has 172 valence electrons. The van der Waals surface area contributed by atoms with Crippen LogP contribution in [0.15, 0.2) is 66.7 Å². The second-order valence-electron chi connectivity index (χ2n) is 8.33. The molecule has 0 aliphatic carbocycles. The minimum absolute atomic E-state index is 0.0910. The van der Waals surface area contributed by atoms with Crippen LogP contribution in [-0.2, 0) is 9.53 Å². The van der Waals surface area contributed by atoms with Crippen LogP contribution in [0.3, 0.4) is 0 Å². The maximum absolute atomic E-state index is 13.0. The Labute approximate surface area is 197 Å². The zero-order chi connectivity index (χ0) is 24.4. The van der Waals surface area contributed by atoms with Gasteiger partial charge in [0.1, 0.15) is 0 Å². The molecule has 0 saturated carbocycles. The van der Waals surface area contributed by atoms with E-state index < -0.39 is 36.3 Å². The van der Waals surface area contributed by atoms with Crippen LogP contribution >= 0.6 is 0 Å². The van der Waals surface area contributed by atoms with Crippen molar-refractivity contribution in [3.8, 4) is 0 Å². The van der Waals surface area contributed by atoms with E-state index in [1.807, 2.05) is 62.4 Å². The van der Waals surface area contributed by atoms with Crippen LogP contribution in [0.4, 0.5) is 5.69 Å². The van der Waals surface area contributed by atoms with Crippen LogP contribution in [0.1, 0.15) is 60.7 Å². The van der Waals surface area contributed by atoms with Gasteiger partial charge in [-0.25, -0.2) is 4.79 Å². The molecular formula is C27H24N2O5. The number of nitrogens with zero attached hydrogens (tertiary/aromatic N) is 1. The molecule has 0 aromatic heterocycles. The molecule has 1 heterocycles. The Morgan fingerprint density at radius 1 is 0.882 bits per heavy atom. The van der Waals surface area contributed by atoms with Crippen molar-refractivity contribution in [2.75, 3.05) is 11.9 Å². The summed E-state index contributed by atoms with van der Waals surface area (Å²) in [5.74, 6) is -2.12. The zero-order valence-corrected chi connectivity index (χ0v) is 19.1. The first-order valence-electron chi connectivity index (χ1n) is 10.9. The van der Waals surface area contributed by atoms with Crippen LogP contribution < -0.4 is 5.32 Å². The van der Waals surface area contributed by atoms with Crippen LogP contribution in [0.5, 0.6) is 0 Å². The van der Waals surface area contributed by atoms with Gasteiger partial charge < -0.3 is 10.1 Å². The van der Waals surface area contributed by atoms with Crippen LogP contribution in [0.2, 0.25) is 0 Å². The number of hydrogen-bond acceptors (Lipinski definition) is 5. The van der Waals surface area contributed by atoms with E-state index in [2.05, 4.69) is 5.32 Å². The highest BCUT2D eigenvalue weighted by Gasteiger charge is 2.39. The molecule has 0 fully saturated rings. The van der Waals surface area contributed by atoms with E-state index in [9.17, 15) is 19.2 Å². The highest BCUT2D eigenvalue weighted by atomic mass is 16.5. The summed E-state index contributed by atoms with van der Waals surface area (Å²) in [4.78, 5) is 51.8. The maximum Gasteiger partial charge on any atom is 0.338 e. The number of nitrogens with one attached hydrogen (secondary N) is 1. The summed E-state index contributed by atoms with van der Waals surface area (Å²) in [6, 6.07) is 18.6. The van der Waals surface area contributed by atoms with Crippen molar-refractivity contribution in [1.29, 1.82) is 0 Å². The highest BCUT2D eigenvalue weighted by molar-refractivity contribution is 6.22. The van der Waals surface area contributed by atoms with Gasteiger partial charge >= 0.3 is 5.97 Å². The van der Waals surface area contributed by atoms with E-state index in [1.54, 1.807) is 6.92 Å². The van der Waals surface area contributed by atoms with Gasteiger partial charge in [-0.1, -0.05) is 36.4 Å². The summed E-state index contributed by atoms with van der Waals surface area (Å²) in [5, 5.41) is 2.70. The van der Waals surface area contributed by atoms with E-state index in [-0.39, 0.29) is 16.7 Å². The summed E-state index contributed by atoms with van der Waals surface area (Å²) in [5.41, 5.74) is 3.91. The number of aryl methyl sites for hydroxylation is 2. The van der Waals surface area contributed by atoms with Crippen molar-refractivity contribution in [2.45, 2.75) is 26.8 Å². The Morgan fingerprint density at radius 3 is 2.21 bits per heavy atom. The standard InChI is InChI=1S/C27H24N2O5/c1-16-11-17(2)13-21(12-16)28-24(30)15-34-27(33)20-9-10-22-23(14-20)26(32)29(25(22)31)18(3)19-7-5-4-6-8-19/h4-14,18H,15H2,1-3H3,(H,28,30)/t18-/m1/s1. The Bertz CT molecular complexity index is 1280. The number of amides is 3. The van der Waals surface area contributed by atoms with Crippen molar-refractivity contribution in [3.63, 3.8) is 0 Å². The Morgan fingerprint density at radius 2 is 1.53 bits per heavy atom. The molecule has 1 atom stereocenters. The number of carbonyl (C=O) groups excluding carboxylic acids is 4. The molecule has 1 N–H and O–H groups in total. The average molecular weight is 456 g/mol. The second kappa shape index (κ2) is 9.31. The number of benzene rings is 3. The number of anilines is 1. The second-order valence-corrected chi connectivity index (χ2v) is 8.33. The van der Waals surface area contributed by atoms with Crippen molar-refractivity contribution in [3.05, 3.63) is 100 Å². The number of carbonyl (C=O) groups is 4. The maximum atomic E-state index is 13.0. The molecule has 0 radical (unpaired) electrons. The SMILES string of the molecule is Cc1cc(C)cc(NC(=O)COC(=O)c2ccc3c(c2)C(=O)N([C@H](C)c2ccccc2)C3=O)c1. The lowest BCUT2D eigenvalue weighted by Crippen LogP contribution is -2.32. The quantitative estimate of drug-likeness (QED) is 0.437. The van der Waals surface area contributed by atoms with Gasteiger partial charge in [0.15, 0.2) is 6.61 Å². The average Bonchev–Trinajstić information content (AvgIpc) is 3.06. The predicted molar refractivity (Wildman–Crippen MR) is 127 cm³/mol.